The Morgan fingerprint density at radius 3 is 2.19 bits per heavy atom. The minimum Gasteiger partial charge on any atom is -0.324 e. The van der Waals surface area contributed by atoms with Crippen molar-refractivity contribution >= 4 is 0 Å². The predicted molar refractivity (Wildman–Crippen MR) is 71.5 cm³/mol. The molecule has 2 N–H and O–H groups in total. The molecule has 1 aromatic rings. The Kier molecular flexibility index (Phi) is 3.93. The van der Waals surface area contributed by atoms with E-state index in [1.165, 1.54) is 11.1 Å². The highest BCUT2D eigenvalue weighted by Gasteiger charge is 2.20. The van der Waals surface area contributed by atoms with Crippen LogP contribution in [-0.4, -0.2) is 6.04 Å². The van der Waals surface area contributed by atoms with E-state index in [1.54, 1.807) is 0 Å². The molecule has 0 amide bonds. The van der Waals surface area contributed by atoms with Gasteiger partial charge in [-0.2, -0.15) is 0 Å². The number of nitrogens with two attached hydrogens (primary N) is 1. The van der Waals surface area contributed by atoms with Gasteiger partial charge in [-0.05, 0) is 24.3 Å². The van der Waals surface area contributed by atoms with E-state index in [9.17, 15) is 0 Å². The topological polar surface area (TPSA) is 26.0 Å². The van der Waals surface area contributed by atoms with Gasteiger partial charge in [0.15, 0.2) is 0 Å². The summed E-state index contributed by atoms with van der Waals surface area (Å²) in [7, 11) is 0. The fraction of sp³-hybridized carbons (Fsp3) is 0.467. The van der Waals surface area contributed by atoms with Crippen molar-refractivity contribution in [2.75, 3.05) is 0 Å². The lowest BCUT2D eigenvalue weighted by Gasteiger charge is -2.27. The second kappa shape index (κ2) is 4.84. The van der Waals surface area contributed by atoms with Gasteiger partial charge in [-0.1, -0.05) is 62.8 Å². The van der Waals surface area contributed by atoms with Crippen LogP contribution in [-0.2, 0) is 6.42 Å². The maximum absolute atomic E-state index is 6.17. The first-order chi connectivity index (χ1) is 7.30. The lowest BCUT2D eigenvalue weighted by Crippen LogP contribution is -2.31. The van der Waals surface area contributed by atoms with Crippen LogP contribution in [0.25, 0.3) is 0 Å². The van der Waals surface area contributed by atoms with E-state index in [0.29, 0.717) is 0 Å². The third-order valence-corrected chi connectivity index (χ3v) is 2.99. The SMILES string of the molecule is C=C([C@H](N)Cc1ccc(C)cc1)C(C)(C)C. The number of hydrogen-bond donors (Lipinski definition) is 1. The van der Waals surface area contributed by atoms with Crippen LogP contribution in [0, 0.1) is 12.3 Å². The molecule has 0 bridgehead atoms. The summed E-state index contributed by atoms with van der Waals surface area (Å²) in [6.45, 7) is 12.7. The first-order valence-corrected chi connectivity index (χ1v) is 5.81. The van der Waals surface area contributed by atoms with Gasteiger partial charge in [0.25, 0.3) is 0 Å². The molecule has 0 fully saturated rings. The van der Waals surface area contributed by atoms with Crippen LogP contribution >= 0.6 is 0 Å². The maximum Gasteiger partial charge on any atom is 0.0297 e. The monoisotopic (exact) mass is 217 g/mol. The Labute approximate surface area is 99.4 Å². The van der Waals surface area contributed by atoms with E-state index in [4.69, 9.17) is 5.73 Å². The number of benzene rings is 1. The van der Waals surface area contributed by atoms with Gasteiger partial charge in [0.2, 0.25) is 0 Å². The van der Waals surface area contributed by atoms with Crippen LogP contribution in [0.1, 0.15) is 31.9 Å². The molecule has 1 heteroatoms. The van der Waals surface area contributed by atoms with Crippen LogP contribution in [0.3, 0.4) is 0 Å². The van der Waals surface area contributed by atoms with E-state index in [0.717, 1.165) is 12.0 Å². The zero-order chi connectivity index (χ0) is 12.3. The molecule has 0 radical (unpaired) electrons. The molecule has 0 aliphatic heterocycles. The molecule has 1 atom stereocenters. The smallest absolute Gasteiger partial charge is 0.0297 e. The van der Waals surface area contributed by atoms with E-state index < -0.39 is 0 Å². The highest BCUT2D eigenvalue weighted by Crippen LogP contribution is 2.26. The van der Waals surface area contributed by atoms with Crippen molar-refractivity contribution in [3.8, 4) is 0 Å². The van der Waals surface area contributed by atoms with Gasteiger partial charge in [-0.15, -0.1) is 0 Å². The van der Waals surface area contributed by atoms with Crippen molar-refractivity contribution in [1.29, 1.82) is 0 Å². The van der Waals surface area contributed by atoms with Crippen molar-refractivity contribution in [3.63, 3.8) is 0 Å². The third-order valence-electron chi connectivity index (χ3n) is 2.99. The molecule has 1 nitrogen and oxygen atoms in total. The summed E-state index contributed by atoms with van der Waals surface area (Å²) in [4.78, 5) is 0. The minimum atomic E-state index is 0.0442. The van der Waals surface area contributed by atoms with Crippen molar-refractivity contribution < 1.29 is 0 Å². The molecule has 1 aromatic carbocycles. The molecule has 0 saturated heterocycles. The molecule has 88 valence electrons. The lowest BCUT2D eigenvalue weighted by atomic mass is 9.81. The van der Waals surface area contributed by atoms with Crippen LogP contribution in [0.5, 0.6) is 0 Å². The molecule has 0 aliphatic rings. The summed E-state index contributed by atoms with van der Waals surface area (Å²) in [5, 5.41) is 0. The van der Waals surface area contributed by atoms with Gasteiger partial charge in [0.1, 0.15) is 0 Å². The average Bonchev–Trinajstić information content (AvgIpc) is 2.19. The third kappa shape index (κ3) is 3.49. The van der Waals surface area contributed by atoms with Gasteiger partial charge in [-0.25, -0.2) is 0 Å². The fourth-order valence-corrected chi connectivity index (χ4v) is 1.66. The van der Waals surface area contributed by atoms with Gasteiger partial charge in [0, 0.05) is 6.04 Å². The first-order valence-electron chi connectivity index (χ1n) is 5.81. The summed E-state index contributed by atoms with van der Waals surface area (Å²) < 4.78 is 0. The van der Waals surface area contributed by atoms with Crippen molar-refractivity contribution in [2.45, 2.75) is 40.2 Å². The summed E-state index contributed by atoms with van der Waals surface area (Å²) in [6.07, 6.45) is 0.871. The molecular weight excluding hydrogens is 194 g/mol. The Balaban J connectivity index is 2.68. The normalized spacial score (nSPS) is 13.6. The zero-order valence-electron chi connectivity index (χ0n) is 10.9. The van der Waals surface area contributed by atoms with Gasteiger partial charge >= 0.3 is 0 Å². The standard InChI is InChI=1S/C15H23N/c1-11-6-8-13(9-7-11)10-14(16)12(2)15(3,4)5/h6-9,14H,2,10,16H2,1,3-5H3/t14-/m1/s1. The van der Waals surface area contributed by atoms with Gasteiger partial charge < -0.3 is 5.73 Å². The molecule has 0 saturated carbocycles. The fourth-order valence-electron chi connectivity index (χ4n) is 1.66. The van der Waals surface area contributed by atoms with E-state index in [-0.39, 0.29) is 11.5 Å². The van der Waals surface area contributed by atoms with Crippen LogP contribution in [0.15, 0.2) is 36.4 Å². The Morgan fingerprint density at radius 2 is 1.75 bits per heavy atom. The molecule has 1 rings (SSSR count). The Morgan fingerprint density at radius 1 is 1.25 bits per heavy atom. The average molecular weight is 217 g/mol. The number of aryl methyl sites for hydroxylation is 1. The summed E-state index contributed by atoms with van der Waals surface area (Å²) in [5.74, 6) is 0. The number of rotatable bonds is 3. The molecule has 0 spiro atoms. The van der Waals surface area contributed by atoms with Crippen molar-refractivity contribution in [1.82, 2.24) is 0 Å². The quantitative estimate of drug-likeness (QED) is 0.771. The predicted octanol–water partition coefficient (Wildman–Crippen LogP) is 3.47. The second-order valence-corrected chi connectivity index (χ2v) is 5.57. The maximum atomic E-state index is 6.17. The van der Waals surface area contributed by atoms with E-state index >= 15 is 0 Å². The molecule has 16 heavy (non-hydrogen) atoms. The molecule has 0 aromatic heterocycles. The zero-order valence-corrected chi connectivity index (χ0v) is 10.9. The van der Waals surface area contributed by atoms with Gasteiger partial charge in [-0.3, -0.25) is 0 Å². The van der Waals surface area contributed by atoms with Crippen LogP contribution in [0.4, 0.5) is 0 Å². The largest absolute Gasteiger partial charge is 0.324 e. The minimum absolute atomic E-state index is 0.0442. The van der Waals surface area contributed by atoms with Crippen molar-refractivity contribution in [3.05, 3.63) is 47.5 Å². The van der Waals surface area contributed by atoms with Gasteiger partial charge in [0.05, 0.1) is 0 Å². The summed E-state index contributed by atoms with van der Waals surface area (Å²) >= 11 is 0. The molecule has 0 unspecified atom stereocenters. The number of hydrogen-bond acceptors (Lipinski definition) is 1. The molecular formula is C15H23N. The first kappa shape index (κ1) is 13.0. The molecule has 0 heterocycles. The van der Waals surface area contributed by atoms with Crippen LogP contribution < -0.4 is 5.73 Å². The Hall–Kier alpha value is -1.08. The van der Waals surface area contributed by atoms with Crippen molar-refractivity contribution in [2.24, 2.45) is 11.1 Å². The van der Waals surface area contributed by atoms with Crippen LogP contribution in [0.2, 0.25) is 0 Å². The highest BCUT2D eigenvalue weighted by molar-refractivity contribution is 5.25. The van der Waals surface area contributed by atoms with E-state index in [1.807, 2.05) is 0 Å². The summed E-state index contributed by atoms with van der Waals surface area (Å²) in [5.41, 5.74) is 9.95. The Bertz CT molecular complexity index is 354. The van der Waals surface area contributed by atoms with E-state index in [2.05, 4.69) is 58.5 Å². The summed E-state index contributed by atoms with van der Waals surface area (Å²) in [6, 6.07) is 8.59. The second-order valence-electron chi connectivity index (χ2n) is 5.57. The molecule has 0 aliphatic carbocycles. The highest BCUT2D eigenvalue weighted by atomic mass is 14.6. The lowest BCUT2D eigenvalue weighted by molar-refractivity contribution is 0.462.